The van der Waals surface area contributed by atoms with Crippen LogP contribution in [0.2, 0.25) is 0 Å². The third kappa shape index (κ3) is 2.88. The molecule has 130 valence electrons. The van der Waals surface area contributed by atoms with Gasteiger partial charge in [0.25, 0.3) is 0 Å². The van der Waals surface area contributed by atoms with Gasteiger partial charge in [0.1, 0.15) is 5.60 Å². The van der Waals surface area contributed by atoms with E-state index in [0.717, 1.165) is 28.3 Å². The van der Waals surface area contributed by atoms with Crippen molar-refractivity contribution in [3.63, 3.8) is 0 Å². The van der Waals surface area contributed by atoms with E-state index in [1.807, 2.05) is 0 Å². The molecule has 0 aromatic carbocycles. The molecule has 2 aromatic heterocycles. The Morgan fingerprint density at radius 3 is 1.92 bits per heavy atom. The summed E-state index contributed by atoms with van der Waals surface area (Å²) >= 11 is 3.50. The van der Waals surface area contributed by atoms with Crippen LogP contribution >= 0.6 is 22.7 Å². The zero-order valence-electron chi connectivity index (χ0n) is 14.8. The van der Waals surface area contributed by atoms with E-state index in [4.69, 9.17) is 0 Å². The number of aryl methyl sites for hydroxylation is 2. The lowest BCUT2D eigenvalue weighted by Crippen LogP contribution is -2.42. The normalized spacial score (nSPS) is 27.8. The van der Waals surface area contributed by atoms with Crippen LogP contribution in [-0.2, 0) is 5.60 Å². The fourth-order valence-electron chi connectivity index (χ4n) is 4.74. The highest BCUT2D eigenvalue weighted by Gasteiger charge is 2.43. The summed E-state index contributed by atoms with van der Waals surface area (Å²) in [5.74, 6) is 0.619. The summed E-state index contributed by atoms with van der Waals surface area (Å²) in [6, 6.07) is 10.0. The first-order valence-electron chi connectivity index (χ1n) is 9.04. The molecule has 0 unspecified atom stereocenters. The first kappa shape index (κ1) is 16.8. The van der Waals surface area contributed by atoms with Crippen molar-refractivity contribution in [2.45, 2.75) is 63.6 Å². The molecule has 0 amide bonds. The van der Waals surface area contributed by atoms with Gasteiger partial charge in [-0.15, -0.1) is 22.7 Å². The van der Waals surface area contributed by atoms with E-state index in [0.29, 0.717) is 5.92 Å². The Morgan fingerprint density at radius 1 is 1.00 bits per heavy atom. The van der Waals surface area contributed by atoms with E-state index in [1.165, 1.54) is 35.4 Å². The lowest BCUT2D eigenvalue weighted by molar-refractivity contribution is 0.0321. The van der Waals surface area contributed by atoms with Crippen LogP contribution in [0.25, 0.3) is 0 Å². The van der Waals surface area contributed by atoms with Gasteiger partial charge < -0.3 is 10.0 Å². The molecule has 0 saturated carbocycles. The van der Waals surface area contributed by atoms with Crippen LogP contribution in [0.5, 0.6) is 0 Å². The van der Waals surface area contributed by atoms with Crippen molar-refractivity contribution < 1.29 is 5.11 Å². The average Bonchev–Trinajstić information content (AvgIpc) is 3.20. The molecule has 4 rings (SSSR count). The lowest BCUT2D eigenvalue weighted by Gasteiger charge is -2.39. The van der Waals surface area contributed by atoms with Crippen molar-refractivity contribution in [1.82, 2.24) is 4.90 Å². The molecule has 4 heterocycles. The SMILES string of the molecule is Cc1ccc(C(O)(C[C@H]2C[C@H]3CC[C@@H](C2)N3C)c2ccc(C)s2)s1. The Balaban J connectivity index is 1.64. The van der Waals surface area contributed by atoms with Gasteiger partial charge in [-0.2, -0.15) is 0 Å². The molecule has 2 aliphatic rings. The summed E-state index contributed by atoms with van der Waals surface area (Å²) in [6.45, 7) is 4.26. The Morgan fingerprint density at radius 2 is 1.50 bits per heavy atom. The van der Waals surface area contributed by atoms with Gasteiger partial charge in [0.15, 0.2) is 0 Å². The van der Waals surface area contributed by atoms with Crippen LogP contribution in [0, 0.1) is 19.8 Å². The van der Waals surface area contributed by atoms with Gasteiger partial charge in [0.2, 0.25) is 0 Å². The highest BCUT2D eigenvalue weighted by molar-refractivity contribution is 7.13. The molecular weight excluding hydrogens is 334 g/mol. The number of hydrogen-bond acceptors (Lipinski definition) is 4. The number of aliphatic hydroxyl groups is 1. The molecule has 2 fully saturated rings. The zero-order chi connectivity index (χ0) is 16.9. The van der Waals surface area contributed by atoms with E-state index in [2.05, 4.69) is 50.1 Å². The van der Waals surface area contributed by atoms with Gasteiger partial charge in [-0.25, -0.2) is 0 Å². The quantitative estimate of drug-likeness (QED) is 0.835. The topological polar surface area (TPSA) is 23.5 Å². The highest BCUT2D eigenvalue weighted by atomic mass is 32.1. The third-order valence-corrected chi connectivity index (χ3v) is 8.38. The molecule has 2 nitrogen and oxygen atoms in total. The summed E-state index contributed by atoms with van der Waals surface area (Å²) in [5, 5.41) is 11.8. The van der Waals surface area contributed by atoms with Crippen LogP contribution in [-0.4, -0.2) is 29.1 Å². The maximum Gasteiger partial charge on any atom is 0.133 e. The summed E-state index contributed by atoms with van der Waals surface area (Å²) in [5.41, 5.74) is -0.808. The Kier molecular flexibility index (Phi) is 4.36. The molecule has 4 heteroatoms. The standard InChI is InChI=1S/C20H27NOS2/c1-13-4-8-18(23-13)20(22,19-9-5-14(2)24-19)12-15-10-16-6-7-17(11-15)21(16)3/h4-5,8-9,15-17,22H,6-7,10-12H2,1-3H3/t15-,16+,17-. The van der Waals surface area contributed by atoms with E-state index in [9.17, 15) is 5.11 Å². The molecule has 2 bridgehead atoms. The maximum atomic E-state index is 11.8. The number of fused-ring (bicyclic) bond motifs is 2. The van der Waals surface area contributed by atoms with E-state index in [-0.39, 0.29) is 0 Å². The second-order valence-corrected chi connectivity index (χ2v) is 10.3. The number of piperidine rings is 1. The molecule has 3 atom stereocenters. The second-order valence-electron chi connectivity index (χ2n) is 7.77. The molecule has 0 spiro atoms. The molecule has 2 aliphatic heterocycles. The van der Waals surface area contributed by atoms with Crippen molar-refractivity contribution in [2.75, 3.05) is 7.05 Å². The van der Waals surface area contributed by atoms with Gasteiger partial charge >= 0.3 is 0 Å². The van der Waals surface area contributed by atoms with Crippen LogP contribution in [0.3, 0.4) is 0 Å². The fourth-order valence-corrected chi connectivity index (χ4v) is 6.77. The average molecular weight is 362 g/mol. The Hall–Kier alpha value is -0.680. The van der Waals surface area contributed by atoms with Crippen LogP contribution in [0.1, 0.15) is 51.6 Å². The molecule has 1 N–H and O–H groups in total. The van der Waals surface area contributed by atoms with Crippen LogP contribution in [0.15, 0.2) is 24.3 Å². The van der Waals surface area contributed by atoms with Gasteiger partial charge in [-0.1, -0.05) is 0 Å². The Bertz CT molecular complexity index is 665. The summed E-state index contributed by atoms with van der Waals surface area (Å²) < 4.78 is 0. The smallest absolute Gasteiger partial charge is 0.133 e. The predicted octanol–water partition coefficient (Wildman–Crippen LogP) is 4.93. The first-order valence-corrected chi connectivity index (χ1v) is 10.7. The minimum atomic E-state index is -0.808. The van der Waals surface area contributed by atoms with Crippen molar-refractivity contribution in [3.05, 3.63) is 43.8 Å². The van der Waals surface area contributed by atoms with Gasteiger partial charge in [0, 0.05) is 31.6 Å². The maximum absolute atomic E-state index is 11.8. The molecular formula is C20H27NOS2. The van der Waals surface area contributed by atoms with E-state index in [1.54, 1.807) is 22.7 Å². The number of nitrogens with zero attached hydrogens (tertiary/aromatic N) is 1. The fraction of sp³-hybridized carbons (Fsp3) is 0.600. The third-order valence-electron chi connectivity index (χ3n) is 6.08. The molecule has 2 aromatic rings. The van der Waals surface area contributed by atoms with Gasteiger partial charge in [-0.05, 0) is 83.2 Å². The van der Waals surface area contributed by atoms with E-state index >= 15 is 0 Å². The lowest BCUT2D eigenvalue weighted by atomic mass is 9.80. The Labute approximate surface area is 153 Å². The zero-order valence-corrected chi connectivity index (χ0v) is 16.4. The predicted molar refractivity (Wildman–Crippen MR) is 103 cm³/mol. The second kappa shape index (κ2) is 6.24. The van der Waals surface area contributed by atoms with Crippen LogP contribution < -0.4 is 0 Å². The molecule has 0 radical (unpaired) electrons. The largest absolute Gasteiger partial charge is 0.379 e. The molecule has 0 aliphatic carbocycles. The van der Waals surface area contributed by atoms with E-state index < -0.39 is 5.60 Å². The van der Waals surface area contributed by atoms with Crippen LogP contribution in [0.4, 0.5) is 0 Å². The number of rotatable bonds is 4. The summed E-state index contributed by atoms with van der Waals surface area (Å²) in [6.07, 6.45) is 6.03. The molecule has 24 heavy (non-hydrogen) atoms. The monoisotopic (exact) mass is 361 g/mol. The van der Waals surface area contributed by atoms with Crippen molar-refractivity contribution >= 4 is 22.7 Å². The van der Waals surface area contributed by atoms with Crippen molar-refractivity contribution in [3.8, 4) is 0 Å². The first-order chi connectivity index (χ1) is 11.5. The van der Waals surface area contributed by atoms with Gasteiger partial charge in [0.05, 0.1) is 0 Å². The van der Waals surface area contributed by atoms with Crippen molar-refractivity contribution in [1.29, 1.82) is 0 Å². The van der Waals surface area contributed by atoms with Crippen molar-refractivity contribution in [2.24, 2.45) is 5.92 Å². The summed E-state index contributed by atoms with van der Waals surface area (Å²) in [7, 11) is 2.29. The minimum absolute atomic E-state index is 0.619. The van der Waals surface area contributed by atoms with Gasteiger partial charge in [-0.3, -0.25) is 0 Å². The number of hydrogen-bond donors (Lipinski definition) is 1. The number of thiophene rings is 2. The summed E-state index contributed by atoms with van der Waals surface area (Å²) in [4.78, 5) is 7.38. The molecule has 2 saturated heterocycles. The highest BCUT2D eigenvalue weighted by Crippen LogP contribution is 2.47. The minimum Gasteiger partial charge on any atom is -0.379 e.